The highest BCUT2D eigenvalue weighted by Crippen LogP contribution is 2.25. The number of aromatic nitrogens is 3. The van der Waals surface area contributed by atoms with Crippen molar-refractivity contribution in [2.45, 2.75) is 44.6 Å². The number of thioether (sulfide) groups is 1. The monoisotopic (exact) mass is 329 g/mol. The molecule has 6 heteroatoms. The molecule has 3 aromatic rings. The summed E-state index contributed by atoms with van der Waals surface area (Å²) in [5.74, 6) is 3.05. The van der Waals surface area contributed by atoms with Gasteiger partial charge in [0.1, 0.15) is 5.76 Å². The predicted molar refractivity (Wildman–Crippen MR) is 89.4 cm³/mol. The molecule has 0 unspecified atom stereocenters. The maximum absolute atomic E-state index is 5.53. The Hall–Kier alpha value is -2.08. The number of benzene rings is 1. The maximum atomic E-state index is 5.53. The van der Waals surface area contributed by atoms with E-state index in [1.165, 1.54) is 17.3 Å². The van der Waals surface area contributed by atoms with E-state index in [2.05, 4.69) is 41.1 Å². The van der Waals surface area contributed by atoms with Gasteiger partial charge in [0.25, 0.3) is 5.22 Å². The van der Waals surface area contributed by atoms with E-state index in [0.29, 0.717) is 28.6 Å². The van der Waals surface area contributed by atoms with Crippen LogP contribution in [0.1, 0.15) is 42.7 Å². The zero-order valence-corrected chi connectivity index (χ0v) is 14.5. The number of hydrogen-bond donors (Lipinski definition) is 0. The minimum atomic E-state index is 0.508. The standard InChI is InChI=1S/C17H19N3O2S/c1-10(2)13-5-7-14(8-6-13)16-19-15(22-20-16)9-23-17-18-11(3)12(4)21-17/h5-8,10H,9H2,1-4H3. The third kappa shape index (κ3) is 3.64. The molecule has 2 aromatic heterocycles. The van der Waals surface area contributed by atoms with Gasteiger partial charge in [0.05, 0.1) is 11.4 Å². The molecule has 0 aliphatic rings. The predicted octanol–water partition coefficient (Wildman–Crippen LogP) is 4.76. The summed E-state index contributed by atoms with van der Waals surface area (Å²) >= 11 is 1.45. The average Bonchev–Trinajstić information content (AvgIpc) is 3.13. The van der Waals surface area contributed by atoms with Gasteiger partial charge in [0.2, 0.25) is 11.7 Å². The van der Waals surface area contributed by atoms with Gasteiger partial charge in [-0.25, -0.2) is 4.98 Å². The second kappa shape index (κ2) is 6.58. The smallest absolute Gasteiger partial charge is 0.256 e. The second-order valence-electron chi connectivity index (χ2n) is 5.70. The number of nitrogens with zero attached hydrogens (tertiary/aromatic N) is 3. The van der Waals surface area contributed by atoms with Crippen molar-refractivity contribution in [3.05, 3.63) is 47.2 Å². The highest BCUT2D eigenvalue weighted by Gasteiger charge is 2.12. The van der Waals surface area contributed by atoms with Gasteiger partial charge >= 0.3 is 0 Å². The van der Waals surface area contributed by atoms with Crippen LogP contribution in [0.15, 0.2) is 38.4 Å². The molecule has 0 amide bonds. The van der Waals surface area contributed by atoms with Crippen LogP contribution in [0.4, 0.5) is 0 Å². The fourth-order valence-electron chi connectivity index (χ4n) is 2.08. The Morgan fingerprint density at radius 3 is 2.43 bits per heavy atom. The number of aryl methyl sites for hydroxylation is 2. The van der Waals surface area contributed by atoms with Gasteiger partial charge in [-0.2, -0.15) is 4.98 Å². The highest BCUT2D eigenvalue weighted by atomic mass is 32.2. The molecule has 5 nitrogen and oxygen atoms in total. The lowest BCUT2D eigenvalue weighted by Gasteiger charge is -2.04. The minimum absolute atomic E-state index is 0.508. The Labute approximate surface area is 139 Å². The Morgan fingerprint density at radius 1 is 1.09 bits per heavy atom. The van der Waals surface area contributed by atoms with E-state index >= 15 is 0 Å². The maximum Gasteiger partial charge on any atom is 0.256 e. The summed E-state index contributed by atoms with van der Waals surface area (Å²) in [4.78, 5) is 8.75. The fraction of sp³-hybridized carbons (Fsp3) is 0.353. The van der Waals surface area contributed by atoms with E-state index < -0.39 is 0 Å². The topological polar surface area (TPSA) is 65.0 Å². The molecule has 120 valence electrons. The van der Waals surface area contributed by atoms with Crippen molar-refractivity contribution in [1.82, 2.24) is 15.1 Å². The largest absolute Gasteiger partial charge is 0.437 e. The summed E-state index contributed by atoms with van der Waals surface area (Å²) in [5.41, 5.74) is 3.16. The summed E-state index contributed by atoms with van der Waals surface area (Å²) in [5, 5.41) is 4.67. The fourth-order valence-corrected chi connectivity index (χ4v) is 2.83. The molecule has 2 heterocycles. The van der Waals surface area contributed by atoms with Crippen LogP contribution in [0.25, 0.3) is 11.4 Å². The van der Waals surface area contributed by atoms with Gasteiger partial charge in [0.15, 0.2) is 0 Å². The summed E-state index contributed by atoms with van der Waals surface area (Å²) in [6.07, 6.45) is 0. The van der Waals surface area contributed by atoms with Gasteiger partial charge in [-0.3, -0.25) is 0 Å². The van der Waals surface area contributed by atoms with Gasteiger partial charge < -0.3 is 8.94 Å². The quantitative estimate of drug-likeness (QED) is 0.629. The van der Waals surface area contributed by atoms with Crippen LogP contribution in [0.2, 0.25) is 0 Å². The molecule has 0 spiro atoms. The van der Waals surface area contributed by atoms with Crippen molar-refractivity contribution in [3.8, 4) is 11.4 Å². The van der Waals surface area contributed by atoms with Crippen molar-refractivity contribution in [3.63, 3.8) is 0 Å². The molecule has 23 heavy (non-hydrogen) atoms. The van der Waals surface area contributed by atoms with Crippen molar-refractivity contribution in [2.24, 2.45) is 0 Å². The third-order valence-corrected chi connectivity index (χ3v) is 4.44. The van der Waals surface area contributed by atoms with Gasteiger partial charge in [0, 0.05) is 5.56 Å². The zero-order valence-electron chi connectivity index (χ0n) is 13.7. The van der Waals surface area contributed by atoms with Gasteiger partial charge in [-0.05, 0) is 25.3 Å². The van der Waals surface area contributed by atoms with Crippen LogP contribution < -0.4 is 0 Å². The summed E-state index contributed by atoms with van der Waals surface area (Å²) in [6, 6.07) is 8.25. The van der Waals surface area contributed by atoms with E-state index in [1.807, 2.05) is 26.0 Å². The van der Waals surface area contributed by atoms with Crippen LogP contribution in [-0.4, -0.2) is 15.1 Å². The van der Waals surface area contributed by atoms with E-state index in [4.69, 9.17) is 8.94 Å². The zero-order chi connectivity index (χ0) is 16.4. The first kappa shape index (κ1) is 15.8. The Morgan fingerprint density at radius 2 is 1.83 bits per heavy atom. The van der Waals surface area contributed by atoms with E-state index in [0.717, 1.165) is 17.0 Å². The summed E-state index contributed by atoms with van der Waals surface area (Å²) in [6.45, 7) is 8.17. The van der Waals surface area contributed by atoms with Gasteiger partial charge in [-0.15, -0.1) is 0 Å². The molecular formula is C17H19N3O2S. The van der Waals surface area contributed by atoms with Crippen LogP contribution in [0.3, 0.4) is 0 Å². The number of rotatable bonds is 5. The van der Waals surface area contributed by atoms with Crippen molar-refractivity contribution in [2.75, 3.05) is 0 Å². The van der Waals surface area contributed by atoms with E-state index in [-0.39, 0.29) is 0 Å². The molecule has 0 N–H and O–H groups in total. The normalized spacial score (nSPS) is 11.3. The van der Waals surface area contributed by atoms with Crippen LogP contribution in [0, 0.1) is 13.8 Å². The first-order chi connectivity index (χ1) is 11.0. The highest BCUT2D eigenvalue weighted by molar-refractivity contribution is 7.98. The number of hydrogen-bond acceptors (Lipinski definition) is 6. The Balaban J connectivity index is 1.67. The molecule has 0 atom stereocenters. The average molecular weight is 329 g/mol. The molecule has 0 bridgehead atoms. The molecule has 0 radical (unpaired) electrons. The van der Waals surface area contributed by atoms with E-state index in [9.17, 15) is 0 Å². The second-order valence-corrected chi connectivity index (χ2v) is 6.63. The van der Waals surface area contributed by atoms with Crippen LogP contribution >= 0.6 is 11.8 Å². The van der Waals surface area contributed by atoms with E-state index in [1.54, 1.807) is 0 Å². The molecule has 0 aliphatic carbocycles. The van der Waals surface area contributed by atoms with Crippen LogP contribution in [-0.2, 0) is 5.75 Å². The molecule has 0 fully saturated rings. The SMILES string of the molecule is Cc1nc(SCc2nc(-c3ccc(C(C)C)cc3)no2)oc1C. The molecule has 3 rings (SSSR count). The lowest BCUT2D eigenvalue weighted by Crippen LogP contribution is -1.88. The van der Waals surface area contributed by atoms with Crippen molar-refractivity contribution < 1.29 is 8.94 Å². The Bertz CT molecular complexity index is 771. The first-order valence-corrected chi connectivity index (χ1v) is 8.51. The number of oxazole rings is 1. The third-order valence-electron chi connectivity index (χ3n) is 3.63. The summed E-state index contributed by atoms with van der Waals surface area (Å²) < 4.78 is 10.8. The lowest BCUT2D eigenvalue weighted by atomic mass is 10.0. The molecular weight excluding hydrogens is 310 g/mol. The Kier molecular flexibility index (Phi) is 4.52. The molecule has 0 saturated carbocycles. The van der Waals surface area contributed by atoms with Crippen molar-refractivity contribution in [1.29, 1.82) is 0 Å². The summed E-state index contributed by atoms with van der Waals surface area (Å²) in [7, 11) is 0. The lowest BCUT2D eigenvalue weighted by molar-refractivity contribution is 0.390. The molecule has 1 aromatic carbocycles. The first-order valence-electron chi connectivity index (χ1n) is 7.52. The van der Waals surface area contributed by atoms with Gasteiger partial charge in [-0.1, -0.05) is 55.0 Å². The minimum Gasteiger partial charge on any atom is -0.437 e. The molecule has 0 saturated heterocycles. The van der Waals surface area contributed by atoms with Crippen LogP contribution in [0.5, 0.6) is 0 Å². The van der Waals surface area contributed by atoms with Crippen molar-refractivity contribution >= 4 is 11.8 Å². The molecule has 0 aliphatic heterocycles.